The summed E-state index contributed by atoms with van der Waals surface area (Å²) >= 11 is 0. The first-order valence-corrected chi connectivity index (χ1v) is 8.51. The lowest BCUT2D eigenvalue weighted by Crippen LogP contribution is -2.23. The summed E-state index contributed by atoms with van der Waals surface area (Å²) < 4.78 is 29.2. The van der Waals surface area contributed by atoms with Crippen LogP contribution >= 0.6 is 0 Å². The van der Waals surface area contributed by atoms with Gasteiger partial charge in [0.1, 0.15) is 5.78 Å². The summed E-state index contributed by atoms with van der Waals surface area (Å²) in [4.78, 5) is 32.1. The molecule has 1 amide bonds. The Balaban J connectivity index is 1.97. The van der Waals surface area contributed by atoms with Crippen LogP contribution in [-0.2, 0) is 17.8 Å². The van der Waals surface area contributed by atoms with Crippen LogP contribution in [0.15, 0.2) is 30.5 Å². The number of pyridine rings is 2. The number of carbonyl (C=O) groups excluding carboxylic acids is 2. The van der Waals surface area contributed by atoms with E-state index in [0.29, 0.717) is 23.4 Å². The van der Waals surface area contributed by atoms with Gasteiger partial charge in [-0.15, -0.1) is 0 Å². The second-order valence-corrected chi connectivity index (χ2v) is 5.88. The van der Waals surface area contributed by atoms with Crippen LogP contribution in [0.3, 0.4) is 0 Å². The molecule has 0 aliphatic heterocycles. The molecule has 27 heavy (non-hydrogen) atoms. The summed E-state index contributed by atoms with van der Waals surface area (Å²) in [5.41, 5.74) is 2.27. The molecule has 2 rings (SSSR count). The molecule has 0 fully saturated rings. The van der Waals surface area contributed by atoms with E-state index in [-0.39, 0.29) is 30.5 Å². The summed E-state index contributed by atoms with van der Waals surface area (Å²) in [7, 11) is 0. The number of carbonyl (C=O) groups is 2. The van der Waals surface area contributed by atoms with Crippen molar-refractivity contribution in [1.82, 2.24) is 15.3 Å². The Morgan fingerprint density at radius 2 is 2.04 bits per heavy atom. The minimum atomic E-state index is -2.57. The minimum Gasteiger partial charge on any atom is -0.472 e. The predicted molar refractivity (Wildman–Crippen MR) is 94.9 cm³/mol. The van der Waals surface area contributed by atoms with E-state index >= 15 is 0 Å². The monoisotopic (exact) mass is 377 g/mol. The van der Waals surface area contributed by atoms with Gasteiger partial charge in [-0.3, -0.25) is 14.6 Å². The second-order valence-electron chi connectivity index (χ2n) is 5.88. The van der Waals surface area contributed by atoms with E-state index in [1.165, 1.54) is 12.3 Å². The van der Waals surface area contributed by atoms with Crippen molar-refractivity contribution in [3.8, 4) is 5.88 Å². The molecular formula is C19H21F2N3O3. The highest BCUT2D eigenvalue weighted by molar-refractivity contribution is 5.94. The molecule has 2 aromatic rings. The van der Waals surface area contributed by atoms with Crippen molar-refractivity contribution in [1.29, 1.82) is 0 Å². The molecule has 0 atom stereocenters. The molecule has 2 heterocycles. The average molecular weight is 377 g/mol. The van der Waals surface area contributed by atoms with Crippen LogP contribution in [0.2, 0.25) is 0 Å². The molecule has 0 saturated heterocycles. The summed E-state index contributed by atoms with van der Waals surface area (Å²) in [5, 5.41) is 2.77. The van der Waals surface area contributed by atoms with Crippen LogP contribution in [-0.4, -0.2) is 34.7 Å². The molecule has 0 radical (unpaired) electrons. The zero-order valence-electron chi connectivity index (χ0n) is 15.2. The number of amides is 1. The molecule has 0 saturated carbocycles. The quantitative estimate of drug-likeness (QED) is 0.727. The first kappa shape index (κ1) is 20.4. The zero-order valence-corrected chi connectivity index (χ0v) is 15.2. The first-order chi connectivity index (χ1) is 12.9. The molecule has 6 nitrogen and oxygen atoms in total. The number of ketones is 1. The molecular weight excluding hydrogens is 356 g/mol. The van der Waals surface area contributed by atoms with E-state index in [2.05, 4.69) is 15.3 Å². The maximum Gasteiger partial charge on any atom is 0.272 e. The highest BCUT2D eigenvalue weighted by Crippen LogP contribution is 2.13. The number of hydrogen-bond donors (Lipinski definition) is 1. The molecule has 144 valence electrons. The van der Waals surface area contributed by atoms with Gasteiger partial charge in [0.15, 0.2) is 6.61 Å². The Hall–Kier alpha value is -2.90. The van der Waals surface area contributed by atoms with Gasteiger partial charge in [-0.2, -0.15) is 0 Å². The fourth-order valence-electron chi connectivity index (χ4n) is 2.30. The number of aryl methyl sites for hydroxylation is 1. The highest BCUT2D eigenvalue weighted by Gasteiger charge is 2.11. The van der Waals surface area contributed by atoms with Gasteiger partial charge in [-0.05, 0) is 24.6 Å². The molecule has 0 aromatic carbocycles. The summed E-state index contributed by atoms with van der Waals surface area (Å²) in [6, 6.07) is 6.32. The standard InChI is InChI=1S/C19H21F2N3O3/c1-3-16(25)9-15-8-13(6-7-22-15)19(26)23-10-14-4-5-18(24-12(14)2)27-11-17(20)21/h4-8,17H,3,9-11H2,1-2H3,(H,23,26). The number of aromatic nitrogens is 2. The van der Waals surface area contributed by atoms with Crippen LogP contribution in [0.4, 0.5) is 8.78 Å². The predicted octanol–water partition coefficient (Wildman–Crippen LogP) is 2.88. The van der Waals surface area contributed by atoms with Crippen molar-refractivity contribution in [2.75, 3.05) is 6.61 Å². The van der Waals surface area contributed by atoms with Crippen LogP contribution in [0, 0.1) is 6.92 Å². The Morgan fingerprint density at radius 1 is 1.26 bits per heavy atom. The van der Waals surface area contributed by atoms with Crippen LogP contribution in [0.5, 0.6) is 5.88 Å². The molecule has 0 aliphatic rings. The van der Waals surface area contributed by atoms with Gasteiger partial charge >= 0.3 is 0 Å². The van der Waals surface area contributed by atoms with Crippen LogP contribution in [0.25, 0.3) is 0 Å². The van der Waals surface area contributed by atoms with E-state index in [4.69, 9.17) is 4.74 Å². The molecule has 0 unspecified atom stereocenters. The van der Waals surface area contributed by atoms with Gasteiger partial charge in [-0.25, -0.2) is 13.8 Å². The molecule has 1 N–H and O–H groups in total. The van der Waals surface area contributed by atoms with Crippen LogP contribution in [0.1, 0.15) is 40.7 Å². The number of halogens is 2. The molecule has 2 aromatic heterocycles. The molecule has 0 aliphatic carbocycles. The number of nitrogens with one attached hydrogen (secondary N) is 1. The molecule has 8 heteroatoms. The van der Waals surface area contributed by atoms with Crippen molar-refractivity contribution >= 4 is 11.7 Å². The Bertz CT molecular complexity index is 813. The number of rotatable bonds is 9. The SMILES string of the molecule is CCC(=O)Cc1cc(C(=O)NCc2ccc(OCC(F)F)nc2C)ccn1. The number of ether oxygens (including phenoxy) is 1. The largest absolute Gasteiger partial charge is 0.472 e. The maximum atomic E-state index is 12.3. The lowest BCUT2D eigenvalue weighted by Gasteiger charge is -2.10. The lowest BCUT2D eigenvalue weighted by molar-refractivity contribution is -0.118. The summed E-state index contributed by atoms with van der Waals surface area (Å²) in [6.07, 6.45) is -0.457. The van der Waals surface area contributed by atoms with E-state index in [0.717, 1.165) is 5.56 Å². The number of Topliss-reactive ketones (excluding diaryl/α,β-unsaturated/α-hetero) is 1. The smallest absolute Gasteiger partial charge is 0.272 e. The normalized spacial score (nSPS) is 10.7. The minimum absolute atomic E-state index is 0.0518. The Labute approximate surface area is 156 Å². The second kappa shape index (κ2) is 9.70. The van der Waals surface area contributed by atoms with Gasteiger partial charge in [0, 0.05) is 48.6 Å². The molecule has 0 bridgehead atoms. The topological polar surface area (TPSA) is 81.2 Å². The first-order valence-electron chi connectivity index (χ1n) is 8.51. The van der Waals surface area contributed by atoms with Crippen molar-refractivity contribution in [3.63, 3.8) is 0 Å². The van der Waals surface area contributed by atoms with Gasteiger partial charge in [0.25, 0.3) is 12.3 Å². The van der Waals surface area contributed by atoms with Crippen LogP contribution < -0.4 is 10.1 Å². The van der Waals surface area contributed by atoms with E-state index < -0.39 is 13.0 Å². The Kier molecular flexibility index (Phi) is 7.34. The van der Waals surface area contributed by atoms with Gasteiger partial charge in [-0.1, -0.05) is 13.0 Å². The Morgan fingerprint density at radius 3 is 2.70 bits per heavy atom. The van der Waals surface area contributed by atoms with Gasteiger partial charge < -0.3 is 10.1 Å². The van der Waals surface area contributed by atoms with E-state index in [1.54, 1.807) is 32.0 Å². The third-order valence-electron chi connectivity index (χ3n) is 3.82. The maximum absolute atomic E-state index is 12.3. The third-order valence-corrected chi connectivity index (χ3v) is 3.82. The zero-order chi connectivity index (χ0) is 19.8. The van der Waals surface area contributed by atoms with Crippen molar-refractivity contribution in [2.45, 2.75) is 39.7 Å². The highest BCUT2D eigenvalue weighted by atomic mass is 19.3. The van der Waals surface area contributed by atoms with Crippen molar-refractivity contribution < 1.29 is 23.1 Å². The fraction of sp³-hybridized carbons (Fsp3) is 0.368. The number of nitrogens with zero attached hydrogens (tertiary/aromatic N) is 2. The number of hydrogen-bond acceptors (Lipinski definition) is 5. The van der Waals surface area contributed by atoms with E-state index in [1.807, 2.05) is 0 Å². The average Bonchev–Trinajstić information content (AvgIpc) is 2.65. The lowest BCUT2D eigenvalue weighted by atomic mass is 10.1. The third kappa shape index (κ3) is 6.40. The summed E-state index contributed by atoms with van der Waals surface area (Å²) in [5.74, 6) is -0.141. The fourth-order valence-corrected chi connectivity index (χ4v) is 2.30. The number of alkyl halides is 2. The van der Waals surface area contributed by atoms with Crippen molar-refractivity contribution in [2.24, 2.45) is 0 Å². The molecule has 0 spiro atoms. The van der Waals surface area contributed by atoms with E-state index in [9.17, 15) is 18.4 Å². The van der Waals surface area contributed by atoms with Crippen molar-refractivity contribution in [3.05, 3.63) is 53.0 Å². The summed E-state index contributed by atoms with van der Waals surface area (Å²) in [6.45, 7) is 2.99. The van der Waals surface area contributed by atoms with Gasteiger partial charge in [0.2, 0.25) is 5.88 Å². The van der Waals surface area contributed by atoms with Gasteiger partial charge in [0.05, 0.1) is 0 Å².